The number of rotatable bonds is 12. The molecule has 0 spiro atoms. The van der Waals surface area contributed by atoms with E-state index in [9.17, 15) is 18.0 Å². The molecule has 1 N–H and O–H groups in total. The second-order valence-corrected chi connectivity index (χ2v) is 10.6. The first-order valence-corrected chi connectivity index (χ1v) is 13.8. The average Bonchev–Trinajstić information content (AvgIpc) is 2.81. The van der Waals surface area contributed by atoms with Gasteiger partial charge in [0.15, 0.2) is 0 Å². The first-order chi connectivity index (χ1) is 16.5. The standard InChI is InChI=1S/C24H31Cl2N3O5S/c1-5-13-27-24(31)21(6-2)28(15-17-9-7-8-10-19(17)25)23(30)16-29(35(4,32)33)18-11-12-22(34-3)20(26)14-18/h7-12,14,21H,5-6,13,15-16H2,1-4H3,(H,27,31)/t21-/m1/s1. The van der Waals surface area contributed by atoms with Gasteiger partial charge in [-0.15, -0.1) is 0 Å². The van der Waals surface area contributed by atoms with Gasteiger partial charge in [0.25, 0.3) is 0 Å². The van der Waals surface area contributed by atoms with E-state index >= 15 is 0 Å². The number of anilines is 1. The second kappa shape index (κ2) is 13.0. The molecule has 35 heavy (non-hydrogen) atoms. The van der Waals surface area contributed by atoms with Gasteiger partial charge in [-0.2, -0.15) is 0 Å². The van der Waals surface area contributed by atoms with Crippen molar-refractivity contribution in [1.82, 2.24) is 10.2 Å². The molecule has 2 rings (SSSR count). The van der Waals surface area contributed by atoms with Crippen molar-refractivity contribution in [3.8, 4) is 5.75 Å². The maximum Gasteiger partial charge on any atom is 0.244 e. The van der Waals surface area contributed by atoms with Crippen LogP contribution < -0.4 is 14.4 Å². The predicted octanol–water partition coefficient (Wildman–Crippen LogP) is 4.10. The number of ether oxygens (including phenoxy) is 1. The lowest BCUT2D eigenvalue weighted by atomic mass is 10.1. The van der Waals surface area contributed by atoms with Crippen molar-refractivity contribution in [3.63, 3.8) is 0 Å². The van der Waals surface area contributed by atoms with Crippen LogP contribution in [0.1, 0.15) is 32.3 Å². The van der Waals surface area contributed by atoms with Crippen molar-refractivity contribution >= 4 is 50.7 Å². The fourth-order valence-corrected chi connectivity index (χ4v) is 4.81. The quantitative estimate of drug-likeness (QED) is 0.434. The highest BCUT2D eigenvalue weighted by atomic mass is 35.5. The van der Waals surface area contributed by atoms with Crippen LogP contribution in [0.3, 0.4) is 0 Å². The van der Waals surface area contributed by atoms with Crippen molar-refractivity contribution in [2.45, 2.75) is 39.3 Å². The van der Waals surface area contributed by atoms with Crippen LogP contribution in [0.2, 0.25) is 10.0 Å². The van der Waals surface area contributed by atoms with Crippen molar-refractivity contribution in [3.05, 3.63) is 58.1 Å². The number of carbonyl (C=O) groups excluding carboxylic acids is 2. The van der Waals surface area contributed by atoms with Crippen LogP contribution in [-0.4, -0.2) is 57.6 Å². The molecule has 192 valence electrons. The van der Waals surface area contributed by atoms with Crippen LogP contribution in [0.25, 0.3) is 0 Å². The minimum Gasteiger partial charge on any atom is -0.495 e. The highest BCUT2D eigenvalue weighted by Crippen LogP contribution is 2.30. The van der Waals surface area contributed by atoms with E-state index in [1.54, 1.807) is 31.2 Å². The summed E-state index contributed by atoms with van der Waals surface area (Å²) in [5.41, 5.74) is 0.843. The molecule has 0 saturated carbocycles. The maximum absolute atomic E-state index is 13.6. The summed E-state index contributed by atoms with van der Waals surface area (Å²) < 4.78 is 31.4. The summed E-state index contributed by atoms with van der Waals surface area (Å²) in [5.74, 6) is -0.497. The molecule has 0 saturated heterocycles. The van der Waals surface area contributed by atoms with Gasteiger partial charge in [0.2, 0.25) is 21.8 Å². The Balaban J connectivity index is 2.46. The molecule has 0 heterocycles. The molecular formula is C24H31Cl2N3O5S. The normalized spacial score (nSPS) is 12.1. The van der Waals surface area contributed by atoms with E-state index < -0.39 is 28.5 Å². The number of nitrogens with zero attached hydrogens (tertiary/aromatic N) is 2. The third-order valence-corrected chi connectivity index (χ3v) is 7.14. The summed E-state index contributed by atoms with van der Waals surface area (Å²) in [6.45, 7) is 3.70. The third kappa shape index (κ3) is 7.75. The van der Waals surface area contributed by atoms with E-state index in [0.29, 0.717) is 29.3 Å². The Morgan fingerprint density at radius 2 is 1.77 bits per heavy atom. The fraction of sp³-hybridized carbons (Fsp3) is 0.417. The molecule has 2 aromatic carbocycles. The average molecular weight is 545 g/mol. The van der Waals surface area contributed by atoms with E-state index in [-0.39, 0.29) is 23.2 Å². The summed E-state index contributed by atoms with van der Waals surface area (Å²) >= 11 is 12.5. The lowest BCUT2D eigenvalue weighted by molar-refractivity contribution is -0.140. The molecule has 1 atom stereocenters. The van der Waals surface area contributed by atoms with Gasteiger partial charge in [-0.1, -0.05) is 55.2 Å². The summed E-state index contributed by atoms with van der Waals surface area (Å²) in [4.78, 5) is 27.9. The van der Waals surface area contributed by atoms with Gasteiger partial charge < -0.3 is 15.0 Å². The monoisotopic (exact) mass is 543 g/mol. The van der Waals surface area contributed by atoms with Gasteiger partial charge >= 0.3 is 0 Å². The molecule has 2 aromatic rings. The number of sulfonamides is 1. The molecule has 0 aliphatic heterocycles. The molecule has 0 aliphatic rings. The number of carbonyl (C=O) groups is 2. The summed E-state index contributed by atoms with van der Waals surface area (Å²) in [5, 5.41) is 3.46. The Morgan fingerprint density at radius 3 is 2.31 bits per heavy atom. The van der Waals surface area contributed by atoms with Crippen molar-refractivity contribution in [2.75, 3.05) is 30.8 Å². The number of hydrogen-bond acceptors (Lipinski definition) is 5. The summed E-state index contributed by atoms with van der Waals surface area (Å²) in [6, 6.07) is 10.6. The number of nitrogens with one attached hydrogen (secondary N) is 1. The number of benzene rings is 2. The van der Waals surface area contributed by atoms with Crippen molar-refractivity contribution in [2.24, 2.45) is 0 Å². The Labute approximate surface area is 217 Å². The summed E-state index contributed by atoms with van der Waals surface area (Å²) in [7, 11) is -2.43. The van der Waals surface area contributed by atoms with Crippen LogP contribution in [0.15, 0.2) is 42.5 Å². The Bertz CT molecular complexity index is 1140. The molecule has 0 bridgehead atoms. The van der Waals surface area contributed by atoms with E-state index in [4.69, 9.17) is 27.9 Å². The number of halogens is 2. The van der Waals surface area contributed by atoms with Gasteiger partial charge in [-0.05, 0) is 42.7 Å². The minimum absolute atomic E-state index is 0.0392. The topological polar surface area (TPSA) is 96.0 Å². The van der Waals surface area contributed by atoms with Crippen LogP contribution >= 0.6 is 23.2 Å². The number of methoxy groups -OCH3 is 1. The van der Waals surface area contributed by atoms with Crippen LogP contribution in [0.5, 0.6) is 5.75 Å². The predicted molar refractivity (Wildman–Crippen MR) is 140 cm³/mol. The number of hydrogen-bond donors (Lipinski definition) is 1. The van der Waals surface area contributed by atoms with Crippen LogP contribution in [0, 0.1) is 0 Å². The molecule has 0 aliphatic carbocycles. The zero-order valence-electron chi connectivity index (χ0n) is 20.3. The van der Waals surface area contributed by atoms with E-state index in [1.165, 1.54) is 30.2 Å². The minimum atomic E-state index is -3.87. The molecular weight excluding hydrogens is 513 g/mol. The summed E-state index contributed by atoms with van der Waals surface area (Å²) in [6.07, 6.45) is 2.07. The van der Waals surface area contributed by atoms with Gasteiger partial charge in [0.05, 0.1) is 24.1 Å². The molecule has 2 amide bonds. The van der Waals surface area contributed by atoms with Gasteiger partial charge in [-0.25, -0.2) is 8.42 Å². The Hall–Kier alpha value is -2.49. The second-order valence-electron chi connectivity index (χ2n) is 7.92. The zero-order chi connectivity index (χ0) is 26.2. The Morgan fingerprint density at radius 1 is 1.09 bits per heavy atom. The smallest absolute Gasteiger partial charge is 0.244 e. The van der Waals surface area contributed by atoms with Crippen molar-refractivity contribution in [1.29, 1.82) is 0 Å². The van der Waals surface area contributed by atoms with Gasteiger partial charge in [0.1, 0.15) is 18.3 Å². The third-order valence-electron chi connectivity index (χ3n) is 5.34. The van der Waals surface area contributed by atoms with Crippen LogP contribution in [0.4, 0.5) is 5.69 Å². The first kappa shape index (κ1) is 28.7. The first-order valence-electron chi connectivity index (χ1n) is 11.1. The lowest BCUT2D eigenvalue weighted by Crippen LogP contribution is -2.52. The Kier molecular flexibility index (Phi) is 10.7. The molecule has 0 fully saturated rings. The maximum atomic E-state index is 13.6. The fourth-order valence-electron chi connectivity index (χ4n) is 3.52. The molecule has 0 radical (unpaired) electrons. The highest BCUT2D eigenvalue weighted by molar-refractivity contribution is 7.92. The van der Waals surface area contributed by atoms with E-state index in [2.05, 4.69) is 5.32 Å². The lowest BCUT2D eigenvalue weighted by Gasteiger charge is -2.33. The van der Waals surface area contributed by atoms with Gasteiger partial charge in [-0.3, -0.25) is 13.9 Å². The molecule has 8 nitrogen and oxygen atoms in total. The molecule has 0 unspecified atom stereocenters. The molecule has 11 heteroatoms. The van der Waals surface area contributed by atoms with Crippen LogP contribution in [-0.2, 0) is 26.2 Å². The largest absolute Gasteiger partial charge is 0.495 e. The highest BCUT2D eigenvalue weighted by Gasteiger charge is 2.32. The van der Waals surface area contributed by atoms with E-state index in [0.717, 1.165) is 17.0 Å². The van der Waals surface area contributed by atoms with Crippen molar-refractivity contribution < 1.29 is 22.7 Å². The molecule has 0 aromatic heterocycles. The van der Waals surface area contributed by atoms with E-state index in [1.807, 2.05) is 6.92 Å². The SMILES string of the molecule is CCCNC(=O)[C@@H](CC)N(Cc1ccccc1Cl)C(=O)CN(c1ccc(OC)c(Cl)c1)S(C)(=O)=O. The van der Waals surface area contributed by atoms with Gasteiger partial charge in [0, 0.05) is 18.1 Å². The zero-order valence-corrected chi connectivity index (χ0v) is 22.6. The number of amides is 2.